The molecule has 0 bridgehead atoms. The predicted molar refractivity (Wildman–Crippen MR) is 108 cm³/mol. The van der Waals surface area contributed by atoms with Crippen molar-refractivity contribution in [2.45, 2.75) is 39.3 Å². The highest BCUT2D eigenvalue weighted by atomic mass is 32.1. The first-order chi connectivity index (χ1) is 12.7. The van der Waals surface area contributed by atoms with Gasteiger partial charge in [-0.3, -0.25) is 9.59 Å². The Hall–Kier alpha value is -2.22. The third kappa shape index (κ3) is 6.78. The highest BCUT2D eigenvalue weighted by Crippen LogP contribution is 2.24. The van der Waals surface area contributed by atoms with E-state index in [0.717, 1.165) is 0 Å². The van der Waals surface area contributed by atoms with E-state index in [1.807, 2.05) is 26.2 Å². The average Bonchev–Trinajstić information content (AvgIpc) is 3.12. The maximum Gasteiger partial charge on any atom is 0.265 e. The molecular formula is C20H26N2O4S. The molecule has 7 heteroatoms. The highest BCUT2D eigenvalue weighted by Gasteiger charge is 2.16. The second-order valence-electron chi connectivity index (χ2n) is 7.29. The molecule has 1 aromatic heterocycles. The van der Waals surface area contributed by atoms with Crippen LogP contribution in [0.5, 0.6) is 5.75 Å². The molecule has 6 nitrogen and oxygen atoms in total. The summed E-state index contributed by atoms with van der Waals surface area (Å²) in [5.74, 6) is -0.0252. The molecule has 1 unspecified atom stereocenters. The fourth-order valence-corrected chi connectivity index (χ4v) is 2.90. The number of carbonyl (C=O) groups excluding carboxylic acids is 2. The molecule has 3 N–H and O–H groups in total. The van der Waals surface area contributed by atoms with E-state index < -0.39 is 6.10 Å². The van der Waals surface area contributed by atoms with Crippen LogP contribution in [0, 0.1) is 0 Å². The molecule has 1 amide bonds. The minimum atomic E-state index is -0.706. The molecule has 0 aliphatic rings. The summed E-state index contributed by atoms with van der Waals surface area (Å²) in [6, 6.07) is 8.43. The highest BCUT2D eigenvalue weighted by molar-refractivity contribution is 7.12. The van der Waals surface area contributed by atoms with E-state index in [-0.39, 0.29) is 23.8 Å². The minimum Gasteiger partial charge on any atom is -0.490 e. The van der Waals surface area contributed by atoms with Crippen LogP contribution < -0.4 is 15.4 Å². The van der Waals surface area contributed by atoms with Gasteiger partial charge in [0.1, 0.15) is 18.5 Å². The van der Waals surface area contributed by atoms with Gasteiger partial charge in [0.2, 0.25) is 0 Å². The van der Waals surface area contributed by atoms with Gasteiger partial charge in [0.15, 0.2) is 5.78 Å². The fraction of sp³-hybridized carbons (Fsp3) is 0.400. The molecule has 2 aromatic rings. The lowest BCUT2D eigenvalue weighted by Crippen LogP contribution is -2.42. The summed E-state index contributed by atoms with van der Waals surface area (Å²) in [6.45, 7) is 7.91. The number of amides is 1. The first kappa shape index (κ1) is 21.1. The summed E-state index contributed by atoms with van der Waals surface area (Å²) in [5.41, 5.74) is 0.768. The average molecular weight is 391 g/mol. The number of aliphatic hydroxyl groups is 1. The predicted octanol–water partition coefficient (Wildman–Crippen LogP) is 3.33. The molecule has 0 radical (unpaired) electrons. The third-order valence-corrected chi connectivity index (χ3v) is 4.53. The number of hydrogen-bond acceptors (Lipinski definition) is 6. The summed E-state index contributed by atoms with van der Waals surface area (Å²) in [6.07, 6.45) is -0.706. The van der Waals surface area contributed by atoms with Crippen LogP contribution in [0.3, 0.4) is 0 Å². The van der Waals surface area contributed by atoms with E-state index in [9.17, 15) is 14.7 Å². The summed E-state index contributed by atoms with van der Waals surface area (Å²) in [5, 5.41) is 17.8. The van der Waals surface area contributed by atoms with Crippen LogP contribution >= 0.6 is 11.3 Å². The van der Waals surface area contributed by atoms with Gasteiger partial charge in [0.05, 0.1) is 10.4 Å². The largest absolute Gasteiger partial charge is 0.490 e. The van der Waals surface area contributed by atoms with E-state index >= 15 is 0 Å². The van der Waals surface area contributed by atoms with Gasteiger partial charge >= 0.3 is 0 Å². The Labute approximate surface area is 163 Å². The maximum atomic E-state index is 12.2. The quantitative estimate of drug-likeness (QED) is 0.602. The molecule has 0 aliphatic carbocycles. The van der Waals surface area contributed by atoms with E-state index in [0.29, 0.717) is 28.4 Å². The van der Waals surface area contributed by atoms with Crippen LogP contribution in [0.1, 0.15) is 47.7 Å². The Kier molecular flexibility index (Phi) is 7.12. The van der Waals surface area contributed by atoms with Crippen molar-refractivity contribution in [3.63, 3.8) is 0 Å². The van der Waals surface area contributed by atoms with Crippen LogP contribution in [-0.2, 0) is 0 Å². The molecule has 1 heterocycles. The Morgan fingerprint density at radius 2 is 2.00 bits per heavy atom. The molecule has 27 heavy (non-hydrogen) atoms. The zero-order valence-corrected chi connectivity index (χ0v) is 16.9. The molecule has 2 rings (SSSR count). The molecule has 0 saturated heterocycles. The normalized spacial score (nSPS) is 12.5. The molecule has 1 aromatic carbocycles. The molecule has 0 fully saturated rings. The number of carbonyl (C=O) groups is 2. The maximum absolute atomic E-state index is 12.2. The first-order valence-corrected chi connectivity index (χ1v) is 9.59. The van der Waals surface area contributed by atoms with Gasteiger partial charge in [-0.2, -0.15) is 0 Å². The van der Waals surface area contributed by atoms with Crippen molar-refractivity contribution in [1.82, 2.24) is 5.32 Å². The number of benzene rings is 1. The van der Waals surface area contributed by atoms with Crippen molar-refractivity contribution in [3.8, 4) is 5.75 Å². The number of ether oxygens (including phenoxy) is 1. The summed E-state index contributed by atoms with van der Waals surface area (Å²) in [7, 11) is 0. The van der Waals surface area contributed by atoms with Crippen LogP contribution in [0.25, 0.3) is 0 Å². The molecule has 0 saturated carbocycles. The van der Waals surface area contributed by atoms with Gasteiger partial charge in [-0.15, -0.1) is 11.3 Å². The standard InChI is InChI=1S/C20H26N2O4S/c1-13(23)16-10-14(22-19(25)18-6-5-9-27-18)7-8-17(16)26-12-15(24)11-21-20(2,3)4/h5-10,15,21,24H,11-12H2,1-4H3,(H,22,25). The van der Waals surface area contributed by atoms with Gasteiger partial charge in [-0.05, 0) is 57.3 Å². The number of anilines is 1. The van der Waals surface area contributed by atoms with E-state index in [1.165, 1.54) is 18.3 Å². The van der Waals surface area contributed by atoms with Crippen molar-refractivity contribution in [2.75, 3.05) is 18.5 Å². The monoisotopic (exact) mass is 390 g/mol. The molecule has 1 atom stereocenters. The van der Waals surface area contributed by atoms with E-state index in [4.69, 9.17) is 4.74 Å². The lowest BCUT2D eigenvalue weighted by Gasteiger charge is -2.23. The van der Waals surface area contributed by atoms with Crippen LogP contribution in [0.4, 0.5) is 5.69 Å². The first-order valence-electron chi connectivity index (χ1n) is 8.71. The second kappa shape index (κ2) is 9.12. The molecular weight excluding hydrogens is 364 g/mol. The van der Waals surface area contributed by atoms with Crippen molar-refractivity contribution in [3.05, 3.63) is 46.2 Å². The number of aliphatic hydroxyl groups excluding tert-OH is 1. The zero-order chi connectivity index (χ0) is 20.0. The number of hydrogen-bond donors (Lipinski definition) is 3. The second-order valence-corrected chi connectivity index (χ2v) is 8.24. The van der Waals surface area contributed by atoms with E-state index in [2.05, 4.69) is 10.6 Å². The van der Waals surface area contributed by atoms with Crippen LogP contribution in [-0.4, -0.2) is 41.6 Å². The number of thiophene rings is 1. The zero-order valence-electron chi connectivity index (χ0n) is 16.0. The SMILES string of the molecule is CC(=O)c1cc(NC(=O)c2cccs2)ccc1OCC(O)CNC(C)(C)C. The van der Waals surface area contributed by atoms with Crippen LogP contribution in [0.15, 0.2) is 35.7 Å². The Balaban J connectivity index is 2.02. The lowest BCUT2D eigenvalue weighted by molar-refractivity contribution is 0.0949. The van der Waals surface area contributed by atoms with Gasteiger partial charge < -0.3 is 20.5 Å². The Bertz CT molecular complexity index is 782. The molecule has 0 aliphatic heterocycles. The summed E-state index contributed by atoms with van der Waals surface area (Å²) in [4.78, 5) is 24.7. The minimum absolute atomic E-state index is 0.0598. The number of ketones is 1. The van der Waals surface area contributed by atoms with E-state index in [1.54, 1.807) is 30.3 Å². The van der Waals surface area contributed by atoms with Gasteiger partial charge in [0, 0.05) is 17.8 Å². The number of β-amino-alcohol motifs (C(OH)–C–C–N with tert-alkyl or cyclic N) is 1. The van der Waals surface area contributed by atoms with Crippen molar-refractivity contribution >= 4 is 28.7 Å². The van der Waals surface area contributed by atoms with Crippen molar-refractivity contribution in [2.24, 2.45) is 0 Å². The van der Waals surface area contributed by atoms with Gasteiger partial charge in [0.25, 0.3) is 5.91 Å². The summed E-state index contributed by atoms with van der Waals surface area (Å²) < 4.78 is 5.64. The van der Waals surface area contributed by atoms with Crippen molar-refractivity contribution in [1.29, 1.82) is 0 Å². The third-order valence-electron chi connectivity index (χ3n) is 3.66. The van der Waals surface area contributed by atoms with Gasteiger partial charge in [-0.25, -0.2) is 0 Å². The van der Waals surface area contributed by atoms with Crippen LogP contribution in [0.2, 0.25) is 0 Å². The molecule has 0 spiro atoms. The fourth-order valence-electron chi connectivity index (χ4n) is 2.28. The van der Waals surface area contributed by atoms with Crippen molar-refractivity contribution < 1.29 is 19.4 Å². The number of nitrogens with one attached hydrogen (secondary N) is 2. The lowest BCUT2D eigenvalue weighted by atomic mass is 10.1. The smallest absolute Gasteiger partial charge is 0.265 e. The number of Topliss-reactive ketones (excluding diaryl/α,β-unsaturated/α-hetero) is 1. The Morgan fingerprint density at radius 1 is 1.26 bits per heavy atom. The molecule has 146 valence electrons. The van der Waals surface area contributed by atoms with Gasteiger partial charge in [-0.1, -0.05) is 6.07 Å². The Morgan fingerprint density at radius 3 is 2.59 bits per heavy atom. The topological polar surface area (TPSA) is 87.7 Å². The number of rotatable bonds is 8. The summed E-state index contributed by atoms with van der Waals surface area (Å²) >= 11 is 1.34.